The van der Waals surface area contributed by atoms with Crippen molar-refractivity contribution in [3.63, 3.8) is 0 Å². The normalized spacial score (nSPS) is 13.8. The molecule has 0 aliphatic heterocycles. The summed E-state index contributed by atoms with van der Waals surface area (Å²) in [6.45, 7) is 9.19. The third kappa shape index (κ3) is 6.55. The van der Waals surface area contributed by atoms with Crippen LogP contribution in [0.25, 0.3) is 0 Å². The van der Waals surface area contributed by atoms with E-state index in [9.17, 15) is 9.59 Å². The Labute approximate surface area is 97.0 Å². The fraction of sp³-hybridized carbons (Fsp3) is 0.818. The first-order chi connectivity index (χ1) is 6.63. The maximum atomic E-state index is 11.5. The van der Waals surface area contributed by atoms with Gasteiger partial charge in [-0.2, -0.15) is 0 Å². The van der Waals surface area contributed by atoms with Crippen molar-refractivity contribution < 1.29 is 14.3 Å². The Kier molecular flexibility index (Phi) is 5.35. The van der Waals surface area contributed by atoms with Gasteiger partial charge >= 0.3 is 5.97 Å². The zero-order valence-electron chi connectivity index (χ0n) is 10.0. The molecule has 0 aromatic heterocycles. The highest BCUT2D eigenvalue weighted by molar-refractivity contribution is 7.96. The lowest BCUT2D eigenvalue weighted by Gasteiger charge is -2.22. The van der Waals surface area contributed by atoms with E-state index in [0.717, 1.165) is 0 Å². The van der Waals surface area contributed by atoms with E-state index in [1.807, 2.05) is 13.8 Å². The second kappa shape index (κ2) is 5.54. The van der Waals surface area contributed by atoms with Gasteiger partial charge in [-0.15, -0.1) is 12.6 Å². The van der Waals surface area contributed by atoms with E-state index >= 15 is 0 Å². The van der Waals surface area contributed by atoms with Crippen molar-refractivity contribution in [1.29, 1.82) is 0 Å². The summed E-state index contributed by atoms with van der Waals surface area (Å²) in [5.41, 5.74) is -0.502. The minimum atomic E-state index is -0.502. The van der Waals surface area contributed by atoms with Gasteiger partial charge in [-0.25, -0.2) is 0 Å². The molecule has 88 valence electrons. The van der Waals surface area contributed by atoms with Crippen LogP contribution in [0.5, 0.6) is 0 Å². The number of carbonyl (C=O) groups is 2. The highest BCUT2D eigenvalue weighted by Gasteiger charge is 2.25. The van der Waals surface area contributed by atoms with Crippen LogP contribution in [0.15, 0.2) is 0 Å². The summed E-state index contributed by atoms with van der Waals surface area (Å²) in [7, 11) is 0. The lowest BCUT2D eigenvalue weighted by molar-refractivity contribution is -0.157. The van der Waals surface area contributed by atoms with Gasteiger partial charge in [0.05, 0.1) is 6.42 Å². The topological polar surface area (TPSA) is 43.4 Å². The Bertz CT molecular complexity index is 241. The average Bonchev–Trinajstić information content (AvgIpc) is 1.95. The number of carbonyl (C=O) groups excluding carboxylic acids is 2. The van der Waals surface area contributed by atoms with E-state index in [4.69, 9.17) is 4.74 Å². The lowest BCUT2D eigenvalue weighted by atomic mass is 9.94. The summed E-state index contributed by atoms with van der Waals surface area (Å²) < 4.78 is 5.14. The fourth-order valence-electron chi connectivity index (χ4n) is 1.17. The molecule has 4 heteroatoms. The van der Waals surface area contributed by atoms with Crippen LogP contribution in [0, 0.1) is 11.8 Å². The first-order valence-electron chi connectivity index (χ1n) is 5.08. The maximum Gasteiger partial charge on any atom is 0.307 e. The molecule has 0 aromatic rings. The Morgan fingerprint density at radius 2 is 1.73 bits per heavy atom. The van der Waals surface area contributed by atoms with Crippen LogP contribution < -0.4 is 0 Å². The van der Waals surface area contributed by atoms with Crippen molar-refractivity contribution in [2.24, 2.45) is 11.8 Å². The van der Waals surface area contributed by atoms with E-state index in [1.54, 1.807) is 20.8 Å². The largest absolute Gasteiger partial charge is 0.460 e. The molecular formula is C11H20O3S. The van der Waals surface area contributed by atoms with Gasteiger partial charge < -0.3 is 4.74 Å². The molecule has 0 bridgehead atoms. The van der Waals surface area contributed by atoms with Crippen LogP contribution in [-0.2, 0) is 14.3 Å². The van der Waals surface area contributed by atoms with Crippen molar-refractivity contribution in [2.75, 3.05) is 0 Å². The molecule has 0 N–H and O–H groups in total. The van der Waals surface area contributed by atoms with Gasteiger partial charge in [-0.05, 0) is 26.7 Å². The quantitative estimate of drug-likeness (QED) is 0.598. The number of thiol groups is 1. The van der Waals surface area contributed by atoms with Crippen LogP contribution in [0.2, 0.25) is 0 Å². The number of hydrogen-bond acceptors (Lipinski definition) is 3. The summed E-state index contributed by atoms with van der Waals surface area (Å²) in [5, 5.41) is -0.254. The van der Waals surface area contributed by atoms with Crippen molar-refractivity contribution >= 4 is 23.7 Å². The van der Waals surface area contributed by atoms with Crippen LogP contribution in [0.4, 0.5) is 0 Å². The van der Waals surface area contributed by atoms with Gasteiger partial charge in [0.15, 0.2) is 5.12 Å². The summed E-state index contributed by atoms with van der Waals surface area (Å²) >= 11 is 3.77. The van der Waals surface area contributed by atoms with Crippen molar-refractivity contribution in [3.8, 4) is 0 Å². The Morgan fingerprint density at radius 1 is 1.27 bits per heavy atom. The molecule has 0 rings (SSSR count). The SMILES string of the molecule is CC(C)[C@H](CC(=O)OC(C)(C)C)C(=O)S. The molecule has 0 aliphatic carbocycles. The molecule has 0 radical (unpaired) electrons. The monoisotopic (exact) mass is 232 g/mol. The predicted octanol–water partition coefficient (Wildman–Crippen LogP) is 2.45. The van der Waals surface area contributed by atoms with Gasteiger partial charge in [-0.3, -0.25) is 9.59 Å². The highest BCUT2D eigenvalue weighted by atomic mass is 32.1. The second-order valence-electron chi connectivity index (χ2n) is 4.98. The van der Waals surface area contributed by atoms with Crippen molar-refractivity contribution in [3.05, 3.63) is 0 Å². The Hall–Kier alpha value is -0.510. The van der Waals surface area contributed by atoms with E-state index < -0.39 is 5.60 Å². The van der Waals surface area contributed by atoms with Gasteiger partial charge in [0.2, 0.25) is 0 Å². The number of hydrogen-bond donors (Lipinski definition) is 1. The standard InChI is InChI=1S/C11H20O3S/c1-7(2)8(10(13)15)6-9(12)14-11(3,4)5/h7-8H,6H2,1-5H3,(H,13,15)/t8-/m0/s1. The van der Waals surface area contributed by atoms with Gasteiger partial charge in [0.1, 0.15) is 5.60 Å². The smallest absolute Gasteiger partial charge is 0.307 e. The van der Waals surface area contributed by atoms with Crippen LogP contribution in [0.1, 0.15) is 41.0 Å². The second-order valence-corrected chi connectivity index (χ2v) is 5.42. The highest BCUT2D eigenvalue weighted by Crippen LogP contribution is 2.20. The van der Waals surface area contributed by atoms with Crippen LogP contribution in [-0.4, -0.2) is 16.7 Å². The molecule has 0 unspecified atom stereocenters. The fourth-order valence-corrected chi connectivity index (χ4v) is 1.56. The average molecular weight is 232 g/mol. The van der Waals surface area contributed by atoms with Gasteiger partial charge in [0, 0.05) is 5.92 Å². The van der Waals surface area contributed by atoms with E-state index in [-0.39, 0.29) is 29.3 Å². The molecule has 0 spiro atoms. The zero-order chi connectivity index (χ0) is 12.2. The van der Waals surface area contributed by atoms with Crippen molar-refractivity contribution in [1.82, 2.24) is 0 Å². The lowest BCUT2D eigenvalue weighted by Crippen LogP contribution is -2.28. The Morgan fingerprint density at radius 3 is 2.00 bits per heavy atom. The van der Waals surface area contributed by atoms with Crippen molar-refractivity contribution in [2.45, 2.75) is 46.6 Å². The third-order valence-corrected chi connectivity index (χ3v) is 2.26. The molecule has 0 heterocycles. The number of ether oxygens (including phenoxy) is 1. The molecule has 0 fully saturated rings. The summed E-state index contributed by atoms with van der Waals surface area (Å²) in [6.07, 6.45) is 0.108. The Balaban J connectivity index is 4.31. The molecule has 0 amide bonds. The summed E-state index contributed by atoms with van der Waals surface area (Å²) in [4.78, 5) is 22.6. The third-order valence-electron chi connectivity index (χ3n) is 1.93. The van der Waals surface area contributed by atoms with Crippen LogP contribution >= 0.6 is 12.6 Å². The maximum absolute atomic E-state index is 11.5. The number of rotatable bonds is 4. The summed E-state index contributed by atoms with van der Waals surface area (Å²) in [6, 6.07) is 0. The molecule has 15 heavy (non-hydrogen) atoms. The molecular weight excluding hydrogens is 212 g/mol. The first kappa shape index (κ1) is 14.5. The van der Waals surface area contributed by atoms with E-state index in [0.29, 0.717) is 0 Å². The molecule has 1 atom stereocenters. The van der Waals surface area contributed by atoms with E-state index in [1.165, 1.54) is 0 Å². The van der Waals surface area contributed by atoms with Crippen LogP contribution in [0.3, 0.4) is 0 Å². The van der Waals surface area contributed by atoms with Gasteiger partial charge in [-0.1, -0.05) is 13.8 Å². The minimum Gasteiger partial charge on any atom is -0.460 e. The molecule has 0 aromatic carbocycles. The van der Waals surface area contributed by atoms with E-state index in [2.05, 4.69) is 12.6 Å². The molecule has 3 nitrogen and oxygen atoms in total. The first-order valence-corrected chi connectivity index (χ1v) is 5.53. The zero-order valence-corrected chi connectivity index (χ0v) is 10.9. The van der Waals surface area contributed by atoms with Gasteiger partial charge in [0.25, 0.3) is 0 Å². The molecule has 0 saturated carbocycles. The predicted molar refractivity (Wildman–Crippen MR) is 62.8 cm³/mol. The summed E-state index contributed by atoms with van der Waals surface area (Å²) in [5.74, 6) is -0.602. The molecule has 0 aliphatic rings. The minimum absolute atomic E-state index is 0.0996. The number of esters is 1. The molecule has 0 saturated heterocycles.